The first-order valence-electron chi connectivity index (χ1n) is 7.62. The number of halogens is 1. The number of nitrogens with one attached hydrogen (secondary N) is 1. The summed E-state index contributed by atoms with van der Waals surface area (Å²) in [5.41, 5.74) is 3.84. The van der Waals surface area contributed by atoms with Crippen LogP contribution in [0.25, 0.3) is 0 Å². The third-order valence-electron chi connectivity index (χ3n) is 3.03. The predicted octanol–water partition coefficient (Wildman–Crippen LogP) is 4.01. The Morgan fingerprint density at radius 2 is 1.88 bits per heavy atom. The third kappa shape index (κ3) is 5.09. The van der Waals surface area contributed by atoms with Crippen LogP contribution in [0.5, 0.6) is 11.5 Å². The maximum atomic E-state index is 12.0. The summed E-state index contributed by atoms with van der Waals surface area (Å²) in [6.07, 6.45) is 1.56. The van der Waals surface area contributed by atoms with Crippen LogP contribution in [0.3, 0.4) is 0 Å². The second-order valence-electron chi connectivity index (χ2n) is 4.78. The standard InChI is InChI=1S/C18H19BrN2O3/c1-3-23-16-9-8-13(10-17(16)24-4-2)12-20-21-18(22)14-6-5-7-15(19)11-14/h5-12H,3-4H2,1-2H3,(H,21,22)/b20-12-. The Morgan fingerprint density at radius 1 is 1.12 bits per heavy atom. The molecule has 2 aromatic carbocycles. The molecule has 2 aromatic rings. The zero-order valence-electron chi connectivity index (χ0n) is 13.6. The lowest BCUT2D eigenvalue weighted by Crippen LogP contribution is -2.17. The summed E-state index contributed by atoms with van der Waals surface area (Å²) in [6.45, 7) is 4.94. The van der Waals surface area contributed by atoms with E-state index in [-0.39, 0.29) is 5.91 Å². The van der Waals surface area contributed by atoms with Gasteiger partial charge in [-0.15, -0.1) is 0 Å². The van der Waals surface area contributed by atoms with E-state index < -0.39 is 0 Å². The minimum Gasteiger partial charge on any atom is -0.490 e. The van der Waals surface area contributed by atoms with E-state index in [1.54, 1.807) is 24.4 Å². The van der Waals surface area contributed by atoms with E-state index in [0.717, 1.165) is 10.0 Å². The first-order chi connectivity index (χ1) is 11.6. The number of benzene rings is 2. The Morgan fingerprint density at radius 3 is 2.58 bits per heavy atom. The minimum absolute atomic E-state index is 0.275. The summed E-state index contributed by atoms with van der Waals surface area (Å²) in [4.78, 5) is 12.0. The Kier molecular flexibility index (Phi) is 6.81. The second kappa shape index (κ2) is 9.08. The fourth-order valence-electron chi connectivity index (χ4n) is 2.01. The second-order valence-corrected chi connectivity index (χ2v) is 5.70. The van der Waals surface area contributed by atoms with Gasteiger partial charge in [-0.3, -0.25) is 4.79 Å². The van der Waals surface area contributed by atoms with Crippen molar-refractivity contribution in [1.82, 2.24) is 5.43 Å². The number of ether oxygens (including phenoxy) is 2. The molecule has 0 atom stereocenters. The van der Waals surface area contributed by atoms with Gasteiger partial charge in [0.25, 0.3) is 5.91 Å². The number of hydrogen-bond donors (Lipinski definition) is 1. The molecule has 0 heterocycles. The maximum Gasteiger partial charge on any atom is 0.271 e. The molecule has 0 aliphatic rings. The van der Waals surface area contributed by atoms with Crippen LogP contribution in [0.4, 0.5) is 0 Å². The van der Waals surface area contributed by atoms with E-state index in [0.29, 0.717) is 30.3 Å². The topological polar surface area (TPSA) is 59.9 Å². The van der Waals surface area contributed by atoms with Gasteiger partial charge < -0.3 is 9.47 Å². The van der Waals surface area contributed by atoms with Gasteiger partial charge in [-0.25, -0.2) is 5.43 Å². The first kappa shape index (κ1) is 18.0. The molecule has 0 spiro atoms. The highest BCUT2D eigenvalue weighted by Gasteiger charge is 2.06. The van der Waals surface area contributed by atoms with Crippen molar-refractivity contribution in [2.45, 2.75) is 13.8 Å². The average Bonchev–Trinajstić information content (AvgIpc) is 2.57. The largest absolute Gasteiger partial charge is 0.490 e. The van der Waals surface area contributed by atoms with Gasteiger partial charge in [0.2, 0.25) is 0 Å². The molecule has 0 bridgehead atoms. The summed E-state index contributed by atoms with van der Waals surface area (Å²) >= 11 is 3.33. The molecule has 6 heteroatoms. The van der Waals surface area contributed by atoms with E-state index in [4.69, 9.17) is 9.47 Å². The van der Waals surface area contributed by atoms with Crippen molar-refractivity contribution in [1.29, 1.82) is 0 Å². The highest BCUT2D eigenvalue weighted by atomic mass is 79.9. The molecule has 0 saturated heterocycles. The summed E-state index contributed by atoms with van der Waals surface area (Å²) in [5.74, 6) is 1.07. The maximum absolute atomic E-state index is 12.0. The monoisotopic (exact) mass is 390 g/mol. The molecule has 0 unspecified atom stereocenters. The molecule has 0 aromatic heterocycles. The molecule has 0 saturated carbocycles. The van der Waals surface area contributed by atoms with Crippen molar-refractivity contribution in [3.8, 4) is 11.5 Å². The molecule has 1 amide bonds. The Balaban J connectivity index is 2.05. The van der Waals surface area contributed by atoms with Crippen LogP contribution in [-0.4, -0.2) is 25.3 Å². The molecule has 5 nitrogen and oxygen atoms in total. The number of hydrogen-bond acceptors (Lipinski definition) is 4. The van der Waals surface area contributed by atoms with Crippen molar-refractivity contribution in [2.75, 3.05) is 13.2 Å². The van der Waals surface area contributed by atoms with Crippen molar-refractivity contribution in [3.63, 3.8) is 0 Å². The van der Waals surface area contributed by atoms with Crippen molar-refractivity contribution < 1.29 is 14.3 Å². The Bertz CT molecular complexity index is 732. The van der Waals surface area contributed by atoms with Crippen LogP contribution < -0.4 is 14.9 Å². The zero-order valence-corrected chi connectivity index (χ0v) is 15.2. The van der Waals surface area contributed by atoms with E-state index >= 15 is 0 Å². The average molecular weight is 391 g/mol. The molecule has 0 aliphatic heterocycles. The van der Waals surface area contributed by atoms with E-state index in [9.17, 15) is 4.79 Å². The summed E-state index contributed by atoms with van der Waals surface area (Å²) in [6, 6.07) is 12.6. The lowest BCUT2D eigenvalue weighted by Gasteiger charge is -2.11. The zero-order chi connectivity index (χ0) is 17.4. The molecule has 1 N–H and O–H groups in total. The van der Waals surface area contributed by atoms with Gasteiger partial charge in [0.05, 0.1) is 19.4 Å². The van der Waals surface area contributed by atoms with Gasteiger partial charge in [0.15, 0.2) is 11.5 Å². The molecular formula is C18H19BrN2O3. The van der Waals surface area contributed by atoms with Gasteiger partial charge >= 0.3 is 0 Å². The van der Waals surface area contributed by atoms with Gasteiger partial charge in [0, 0.05) is 10.0 Å². The summed E-state index contributed by atoms with van der Waals surface area (Å²) in [7, 11) is 0. The minimum atomic E-state index is -0.275. The fraction of sp³-hybridized carbons (Fsp3) is 0.222. The molecule has 2 rings (SSSR count). The highest BCUT2D eigenvalue weighted by Crippen LogP contribution is 2.27. The number of carbonyl (C=O) groups excluding carboxylic acids is 1. The first-order valence-corrected chi connectivity index (χ1v) is 8.42. The number of rotatable bonds is 7. The van der Waals surface area contributed by atoms with E-state index in [1.165, 1.54) is 0 Å². The van der Waals surface area contributed by atoms with Crippen LogP contribution >= 0.6 is 15.9 Å². The molecule has 0 radical (unpaired) electrons. The smallest absolute Gasteiger partial charge is 0.271 e. The van der Waals surface area contributed by atoms with Crippen molar-refractivity contribution in [2.24, 2.45) is 5.10 Å². The number of hydrazone groups is 1. The van der Waals surface area contributed by atoms with E-state index in [2.05, 4.69) is 26.5 Å². The van der Waals surface area contributed by atoms with Crippen LogP contribution in [0, 0.1) is 0 Å². The van der Waals surface area contributed by atoms with Crippen LogP contribution in [0.2, 0.25) is 0 Å². The van der Waals surface area contributed by atoms with Gasteiger partial charge in [-0.05, 0) is 55.8 Å². The lowest BCUT2D eigenvalue weighted by molar-refractivity contribution is 0.0955. The lowest BCUT2D eigenvalue weighted by atomic mass is 10.2. The fourth-order valence-corrected chi connectivity index (χ4v) is 2.41. The molecule has 0 fully saturated rings. The van der Waals surface area contributed by atoms with Crippen LogP contribution in [0.15, 0.2) is 52.0 Å². The molecular weight excluding hydrogens is 372 g/mol. The third-order valence-corrected chi connectivity index (χ3v) is 3.53. The number of amides is 1. The van der Waals surface area contributed by atoms with E-state index in [1.807, 2.05) is 38.1 Å². The molecule has 126 valence electrons. The predicted molar refractivity (Wildman–Crippen MR) is 98.0 cm³/mol. The number of nitrogens with zero attached hydrogens (tertiary/aromatic N) is 1. The normalized spacial score (nSPS) is 10.6. The molecule has 0 aliphatic carbocycles. The van der Waals surface area contributed by atoms with Crippen LogP contribution in [0.1, 0.15) is 29.8 Å². The van der Waals surface area contributed by atoms with Crippen molar-refractivity contribution in [3.05, 3.63) is 58.1 Å². The molecule has 24 heavy (non-hydrogen) atoms. The van der Waals surface area contributed by atoms with Gasteiger partial charge in [0.1, 0.15) is 0 Å². The highest BCUT2D eigenvalue weighted by molar-refractivity contribution is 9.10. The Hall–Kier alpha value is -2.34. The van der Waals surface area contributed by atoms with Crippen LogP contribution in [-0.2, 0) is 0 Å². The van der Waals surface area contributed by atoms with Crippen molar-refractivity contribution >= 4 is 28.1 Å². The number of carbonyl (C=O) groups is 1. The Labute approximate surface area is 149 Å². The van der Waals surface area contributed by atoms with Gasteiger partial charge in [-0.1, -0.05) is 22.0 Å². The summed E-state index contributed by atoms with van der Waals surface area (Å²) in [5, 5.41) is 3.99. The summed E-state index contributed by atoms with van der Waals surface area (Å²) < 4.78 is 11.9. The van der Waals surface area contributed by atoms with Gasteiger partial charge in [-0.2, -0.15) is 5.10 Å². The SMILES string of the molecule is CCOc1ccc(/C=N\NC(=O)c2cccc(Br)c2)cc1OCC. The quantitative estimate of drug-likeness (QED) is 0.573.